The predicted octanol–water partition coefficient (Wildman–Crippen LogP) is 4.49. The summed E-state index contributed by atoms with van der Waals surface area (Å²) in [6, 6.07) is 2.22. The van der Waals surface area contributed by atoms with Gasteiger partial charge in [0, 0.05) is 33.4 Å². The van der Waals surface area contributed by atoms with Gasteiger partial charge in [0.05, 0.1) is 0 Å². The molecule has 1 heterocycles. The van der Waals surface area contributed by atoms with Crippen LogP contribution in [-0.2, 0) is 6.54 Å². The monoisotopic (exact) mass is 358 g/mol. The van der Waals surface area contributed by atoms with Crippen LogP contribution >= 0.6 is 27.3 Å². The average molecular weight is 359 g/mol. The predicted molar refractivity (Wildman–Crippen MR) is 92.1 cm³/mol. The number of likely N-dealkylation sites (N-methyl/N-ethyl adjacent to an activating group) is 1. The normalized spacial score (nSPS) is 29.9. The molecule has 20 heavy (non-hydrogen) atoms. The molecule has 2 atom stereocenters. The van der Waals surface area contributed by atoms with Gasteiger partial charge < -0.3 is 5.73 Å². The van der Waals surface area contributed by atoms with Gasteiger partial charge in [0.1, 0.15) is 0 Å². The summed E-state index contributed by atoms with van der Waals surface area (Å²) in [7, 11) is 2.24. The highest BCUT2D eigenvalue weighted by atomic mass is 79.9. The van der Waals surface area contributed by atoms with E-state index in [1.807, 2.05) is 11.3 Å². The SMILES string of the molecule is CC1CC(C)(C)CC(CN)(N(C)Cc2cc(Br)cs2)C1. The van der Waals surface area contributed by atoms with Crippen molar-refractivity contribution in [1.82, 2.24) is 4.90 Å². The van der Waals surface area contributed by atoms with Gasteiger partial charge in [0.15, 0.2) is 0 Å². The van der Waals surface area contributed by atoms with Crippen molar-refractivity contribution in [2.24, 2.45) is 17.1 Å². The summed E-state index contributed by atoms with van der Waals surface area (Å²) in [5.74, 6) is 0.750. The first-order chi connectivity index (χ1) is 9.26. The van der Waals surface area contributed by atoms with E-state index in [1.165, 1.54) is 28.6 Å². The molecule has 2 unspecified atom stereocenters. The number of thiophene rings is 1. The van der Waals surface area contributed by atoms with Crippen LogP contribution in [0.3, 0.4) is 0 Å². The summed E-state index contributed by atoms with van der Waals surface area (Å²) in [6.45, 7) is 8.91. The highest BCUT2D eigenvalue weighted by Crippen LogP contribution is 2.46. The van der Waals surface area contributed by atoms with E-state index in [2.05, 4.69) is 60.1 Å². The van der Waals surface area contributed by atoms with Gasteiger partial charge in [0.25, 0.3) is 0 Å². The van der Waals surface area contributed by atoms with Gasteiger partial charge in [-0.25, -0.2) is 0 Å². The van der Waals surface area contributed by atoms with Crippen molar-refractivity contribution in [2.45, 2.75) is 52.1 Å². The van der Waals surface area contributed by atoms with Crippen LogP contribution in [0, 0.1) is 11.3 Å². The van der Waals surface area contributed by atoms with Gasteiger partial charge in [0.2, 0.25) is 0 Å². The van der Waals surface area contributed by atoms with E-state index < -0.39 is 0 Å². The Bertz CT molecular complexity index is 457. The van der Waals surface area contributed by atoms with Gasteiger partial charge in [-0.2, -0.15) is 0 Å². The number of hydrogen-bond donors (Lipinski definition) is 1. The van der Waals surface area contributed by atoms with Crippen LogP contribution in [0.4, 0.5) is 0 Å². The number of hydrogen-bond acceptors (Lipinski definition) is 3. The Morgan fingerprint density at radius 2 is 2.15 bits per heavy atom. The van der Waals surface area contributed by atoms with E-state index in [-0.39, 0.29) is 5.54 Å². The molecule has 1 aliphatic carbocycles. The maximum Gasteiger partial charge on any atom is 0.0340 e. The minimum absolute atomic E-state index is 0.150. The van der Waals surface area contributed by atoms with Crippen LogP contribution in [0.5, 0.6) is 0 Å². The van der Waals surface area contributed by atoms with E-state index in [4.69, 9.17) is 5.73 Å². The maximum atomic E-state index is 6.23. The molecule has 2 nitrogen and oxygen atoms in total. The Hall–Kier alpha value is 0.1000. The third-order valence-corrected chi connectivity index (χ3v) is 6.32. The number of nitrogens with zero attached hydrogens (tertiary/aromatic N) is 1. The second-order valence-corrected chi connectivity index (χ2v) is 9.28. The highest BCUT2D eigenvalue weighted by molar-refractivity contribution is 9.10. The lowest BCUT2D eigenvalue weighted by Gasteiger charge is -2.52. The highest BCUT2D eigenvalue weighted by Gasteiger charge is 2.44. The van der Waals surface area contributed by atoms with Gasteiger partial charge in [-0.15, -0.1) is 11.3 Å². The van der Waals surface area contributed by atoms with Crippen molar-refractivity contribution in [3.63, 3.8) is 0 Å². The molecule has 114 valence electrons. The topological polar surface area (TPSA) is 29.3 Å². The fraction of sp³-hybridized carbons (Fsp3) is 0.750. The fourth-order valence-electron chi connectivity index (χ4n) is 4.14. The van der Waals surface area contributed by atoms with Crippen molar-refractivity contribution < 1.29 is 0 Å². The van der Waals surface area contributed by atoms with E-state index in [9.17, 15) is 0 Å². The molecule has 0 saturated heterocycles. The maximum absolute atomic E-state index is 6.23. The van der Waals surface area contributed by atoms with E-state index in [0.29, 0.717) is 5.41 Å². The molecule has 0 aliphatic heterocycles. The van der Waals surface area contributed by atoms with Crippen molar-refractivity contribution in [3.05, 3.63) is 20.8 Å². The first-order valence-electron chi connectivity index (χ1n) is 7.41. The number of halogens is 1. The lowest BCUT2D eigenvalue weighted by Crippen LogP contribution is -2.57. The van der Waals surface area contributed by atoms with Crippen LogP contribution in [0.15, 0.2) is 15.9 Å². The third kappa shape index (κ3) is 3.65. The summed E-state index contributed by atoms with van der Waals surface area (Å²) >= 11 is 5.37. The molecule has 1 fully saturated rings. The zero-order chi connectivity index (χ0) is 15.0. The van der Waals surface area contributed by atoms with Crippen LogP contribution in [0.25, 0.3) is 0 Å². The van der Waals surface area contributed by atoms with Crippen molar-refractivity contribution in [2.75, 3.05) is 13.6 Å². The first-order valence-corrected chi connectivity index (χ1v) is 9.08. The molecule has 4 heteroatoms. The Morgan fingerprint density at radius 1 is 1.45 bits per heavy atom. The Kier molecular flexibility index (Phi) is 5.00. The molecule has 1 aromatic rings. The van der Waals surface area contributed by atoms with Crippen molar-refractivity contribution in [1.29, 1.82) is 0 Å². The van der Waals surface area contributed by atoms with E-state index in [1.54, 1.807) is 0 Å². The first kappa shape index (κ1) is 16.5. The molecular formula is C16H27BrN2S. The van der Waals surface area contributed by atoms with Crippen LogP contribution in [0.1, 0.15) is 44.9 Å². The zero-order valence-electron chi connectivity index (χ0n) is 13.1. The quantitative estimate of drug-likeness (QED) is 0.859. The van der Waals surface area contributed by atoms with Gasteiger partial charge in [-0.3, -0.25) is 4.90 Å². The summed E-state index contributed by atoms with van der Waals surface area (Å²) in [4.78, 5) is 3.91. The molecule has 0 aromatic carbocycles. The Morgan fingerprint density at radius 3 is 2.65 bits per heavy atom. The largest absolute Gasteiger partial charge is 0.329 e. The standard InChI is InChI=1S/C16H27BrN2S/c1-12-6-15(2,3)10-16(7-12,11-18)19(4)8-14-5-13(17)9-20-14/h5,9,12H,6-8,10-11,18H2,1-4H3. The second-order valence-electron chi connectivity index (χ2n) is 7.37. The lowest BCUT2D eigenvalue weighted by atomic mass is 9.63. The average Bonchev–Trinajstić information content (AvgIpc) is 2.71. The summed E-state index contributed by atoms with van der Waals surface area (Å²) in [6.07, 6.45) is 3.73. The molecule has 0 radical (unpaired) electrons. The van der Waals surface area contributed by atoms with Crippen molar-refractivity contribution in [3.8, 4) is 0 Å². The summed E-state index contributed by atoms with van der Waals surface area (Å²) < 4.78 is 1.19. The minimum Gasteiger partial charge on any atom is -0.329 e. The molecule has 0 amide bonds. The summed E-state index contributed by atoms with van der Waals surface area (Å²) in [5, 5.41) is 2.16. The molecule has 2 rings (SSSR count). The van der Waals surface area contributed by atoms with Gasteiger partial charge >= 0.3 is 0 Å². The number of rotatable bonds is 4. The lowest BCUT2D eigenvalue weighted by molar-refractivity contribution is -0.000636. The molecule has 2 N–H and O–H groups in total. The second kappa shape index (κ2) is 6.07. The summed E-state index contributed by atoms with van der Waals surface area (Å²) in [5.41, 5.74) is 6.77. The molecule has 1 saturated carbocycles. The van der Waals surface area contributed by atoms with Crippen LogP contribution in [-0.4, -0.2) is 24.0 Å². The Labute approximate surface area is 135 Å². The van der Waals surface area contributed by atoms with Gasteiger partial charge in [-0.1, -0.05) is 20.8 Å². The minimum atomic E-state index is 0.150. The zero-order valence-corrected chi connectivity index (χ0v) is 15.5. The molecule has 0 spiro atoms. The fourth-order valence-corrected chi connectivity index (χ4v) is 5.64. The van der Waals surface area contributed by atoms with Crippen LogP contribution < -0.4 is 5.73 Å². The molecule has 0 bridgehead atoms. The van der Waals surface area contributed by atoms with Gasteiger partial charge in [-0.05, 0) is 59.6 Å². The van der Waals surface area contributed by atoms with Crippen LogP contribution in [0.2, 0.25) is 0 Å². The third-order valence-electron chi connectivity index (χ3n) is 4.64. The molecular weight excluding hydrogens is 332 g/mol. The van der Waals surface area contributed by atoms with Crippen molar-refractivity contribution >= 4 is 27.3 Å². The number of nitrogens with two attached hydrogens (primary N) is 1. The van der Waals surface area contributed by atoms with E-state index in [0.717, 1.165) is 19.0 Å². The molecule has 1 aliphatic rings. The molecule has 1 aromatic heterocycles. The Balaban J connectivity index is 2.16. The smallest absolute Gasteiger partial charge is 0.0340 e. The van der Waals surface area contributed by atoms with E-state index >= 15 is 0 Å².